The van der Waals surface area contributed by atoms with Crippen molar-refractivity contribution in [3.05, 3.63) is 53.6 Å². The molecule has 0 aromatic heterocycles. The molecule has 3 heterocycles. The summed E-state index contributed by atoms with van der Waals surface area (Å²) in [6, 6.07) is 14.7. The Bertz CT molecular complexity index is 1070. The van der Waals surface area contributed by atoms with Crippen molar-refractivity contribution in [3.63, 3.8) is 0 Å². The molecule has 2 aromatic rings. The predicted octanol–water partition coefficient (Wildman–Crippen LogP) is 2.32. The highest BCUT2D eigenvalue weighted by atomic mass is 35.5. The number of nitrogens with one attached hydrogen (secondary N) is 1. The van der Waals surface area contributed by atoms with E-state index in [2.05, 4.69) is 20.1 Å². The van der Waals surface area contributed by atoms with Crippen molar-refractivity contribution in [2.24, 2.45) is 4.99 Å². The van der Waals surface area contributed by atoms with Crippen LogP contribution in [0.4, 0.5) is 11.4 Å². The maximum atomic E-state index is 13.2. The molecule has 0 spiro atoms. The van der Waals surface area contributed by atoms with E-state index in [-0.39, 0.29) is 6.04 Å². The molecule has 1 fully saturated rings. The fraction of sp³-hybridized carbons (Fsp3) is 0.350. The van der Waals surface area contributed by atoms with Crippen LogP contribution in [0.25, 0.3) is 0 Å². The molecule has 1 saturated heterocycles. The van der Waals surface area contributed by atoms with E-state index >= 15 is 0 Å². The lowest BCUT2D eigenvalue weighted by molar-refractivity contribution is 0.222. The smallest absolute Gasteiger partial charge is 0.269 e. The minimum atomic E-state index is -3.59. The SMILES string of the molecule is O=S1(=O)c2ccccc2NC2=NCC(CN3CCN(c4ccccc4Cl)CC3)N21. The second-order valence-electron chi connectivity index (χ2n) is 7.48. The summed E-state index contributed by atoms with van der Waals surface area (Å²) in [4.78, 5) is 9.38. The van der Waals surface area contributed by atoms with Gasteiger partial charge in [0.25, 0.3) is 10.0 Å². The zero-order valence-electron chi connectivity index (χ0n) is 15.8. The van der Waals surface area contributed by atoms with Crippen molar-refractivity contribution in [2.75, 3.05) is 49.5 Å². The van der Waals surface area contributed by atoms with Crippen LogP contribution in [-0.2, 0) is 10.0 Å². The molecule has 3 aliphatic heterocycles. The fourth-order valence-corrected chi connectivity index (χ4v) is 6.22. The lowest BCUT2D eigenvalue weighted by atomic mass is 10.2. The summed E-state index contributed by atoms with van der Waals surface area (Å²) in [5, 5.41) is 3.93. The maximum Gasteiger partial charge on any atom is 0.269 e. The van der Waals surface area contributed by atoms with E-state index in [0.29, 0.717) is 29.6 Å². The first-order valence-electron chi connectivity index (χ1n) is 9.71. The van der Waals surface area contributed by atoms with Gasteiger partial charge in [-0.3, -0.25) is 4.90 Å². The summed E-state index contributed by atoms with van der Waals surface area (Å²) < 4.78 is 27.8. The van der Waals surface area contributed by atoms with Crippen LogP contribution in [0.3, 0.4) is 0 Å². The number of para-hydroxylation sites is 2. The topological polar surface area (TPSA) is 68.2 Å². The van der Waals surface area contributed by atoms with Crippen LogP contribution in [0.1, 0.15) is 0 Å². The van der Waals surface area contributed by atoms with Crippen LogP contribution in [0.2, 0.25) is 5.02 Å². The zero-order chi connectivity index (χ0) is 20.0. The molecule has 1 unspecified atom stereocenters. The molecule has 0 aliphatic carbocycles. The van der Waals surface area contributed by atoms with E-state index in [9.17, 15) is 8.42 Å². The van der Waals surface area contributed by atoms with Crippen molar-refractivity contribution in [2.45, 2.75) is 10.9 Å². The third-order valence-electron chi connectivity index (χ3n) is 5.70. The number of benzene rings is 2. The van der Waals surface area contributed by atoms with Gasteiger partial charge in [-0.25, -0.2) is 17.7 Å². The van der Waals surface area contributed by atoms with Gasteiger partial charge in [0.2, 0.25) is 5.96 Å². The average Bonchev–Trinajstić information content (AvgIpc) is 3.13. The van der Waals surface area contributed by atoms with E-state index in [0.717, 1.165) is 36.9 Å². The highest BCUT2D eigenvalue weighted by Crippen LogP contribution is 2.33. The Balaban J connectivity index is 1.28. The molecule has 0 radical (unpaired) electrons. The first-order valence-corrected chi connectivity index (χ1v) is 11.5. The van der Waals surface area contributed by atoms with Gasteiger partial charge in [-0.1, -0.05) is 35.9 Å². The number of nitrogens with zero attached hydrogens (tertiary/aromatic N) is 4. The molecule has 29 heavy (non-hydrogen) atoms. The van der Waals surface area contributed by atoms with E-state index in [4.69, 9.17) is 11.6 Å². The van der Waals surface area contributed by atoms with Gasteiger partial charge in [0.05, 0.1) is 29.0 Å². The molecule has 1 atom stereocenters. The van der Waals surface area contributed by atoms with Crippen LogP contribution < -0.4 is 10.2 Å². The number of fused-ring (bicyclic) bond motifs is 2. The van der Waals surface area contributed by atoms with Gasteiger partial charge in [-0.15, -0.1) is 0 Å². The summed E-state index contributed by atoms with van der Waals surface area (Å²) in [6.07, 6.45) is 0. The summed E-state index contributed by atoms with van der Waals surface area (Å²) in [6.45, 7) is 4.56. The summed E-state index contributed by atoms with van der Waals surface area (Å²) in [5.74, 6) is 0.434. The first kappa shape index (κ1) is 18.7. The monoisotopic (exact) mass is 431 g/mol. The van der Waals surface area contributed by atoms with Crippen LogP contribution in [-0.4, -0.2) is 68.9 Å². The van der Waals surface area contributed by atoms with E-state index in [1.54, 1.807) is 18.2 Å². The van der Waals surface area contributed by atoms with Gasteiger partial charge in [0.15, 0.2) is 0 Å². The fourth-order valence-electron chi connectivity index (χ4n) is 4.24. The van der Waals surface area contributed by atoms with Crippen LogP contribution >= 0.6 is 11.6 Å². The second kappa shape index (κ2) is 7.19. The van der Waals surface area contributed by atoms with Crippen molar-refractivity contribution >= 4 is 39.0 Å². The molecule has 1 N–H and O–H groups in total. The van der Waals surface area contributed by atoms with Crippen LogP contribution in [0.15, 0.2) is 58.4 Å². The molecule has 2 aromatic carbocycles. The summed E-state index contributed by atoms with van der Waals surface area (Å²) in [5.41, 5.74) is 1.65. The van der Waals surface area contributed by atoms with Crippen molar-refractivity contribution in [3.8, 4) is 0 Å². The molecular weight excluding hydrogens is 410 g/mol. The number of guanidine groups is 1. The molecule has 7 nitrogen and oxygen atoms in total. The largest absolute Gasteiger partial charge is 0.368 e. The predicted molar refractivity (Wildman–Crippen MR) is 115 cm³/mol. The van der Waals surface area contributed by atoms with E-state index in [1.807, 2.05) is 30.3 Å². The average molecular weight is 432 g/mol. The maximum absolute atomic E-state index is 13.2. The van der Waals surface area contributed by atoms with Crippen molar-refractivity contribution in [1.29, 1.82) is 0 Å². The van der Waals surface area contributed by atoms with Crippen LogP contribution in [0, 0.1) is 0 Å². The zero-order valence-corrected chi connectivity index (χ0v) is 17.4. The molecule has 0 saturated carbocycles. The molecule has 3 aliphatic rings. The minimum Gasteiger partial charge on any atom is -0.368 e. The highest BCUT2D eigenvalue weighted by Gasteiger charge is 2.43. The number of hydrogen-bond acceptors (Lipinski definition) is 6. The second-order valence-corrected chi connectivity index (χ2v) is 9.67. The minimum absolute atomic E-state index is 0.192. The Labute approximate surface area is 175 Å². The highest BCUT2D eigenvalue weighted by molar-refractivity contribution is 7.90. The lowest BCUT2D eigenvalue weighted by Crippen LogP contribution is -2.54. The first-order chi connectivity index (χ1) is 14.0. The Morgan fingerprint density at radius 2 is 1.76 bits per heavy atom. The number of sulfonamides is 1. The number of hydrogen-bond donors (Lipinski definition) is 1. The Morgan fingerprint density at radius 3 is 2.55 bits per heavy atom. The number of piperazine rings is 1. The van der Waals surface area contributed by atoms with Crippen molar-refractivity contribution in [1.82, 2.24) is 9.21 Å². The van der Waals surface area contributed by atoms with Gasteiger partial charge < -0.3 is 10.2 Å². The molecule has 152 valence electrons. The quantitative estimate of drug-likeness (QED) is 0.807. The van der Waals surface area contributed by atoms with Crippen LogP contribution in [0.5, 0.6) is 0 Å². The summed E-state index contributed by atoms with van der Waals surface area (Å²) >= 11 is 6.33. The molecular formula is C20H22ClN5O2S. The standard InChI is InChI=1S/C20H22ClN5O2S/c21-16-5-1-3-7-18(16)25-11-9-24(10-12-25)14-15-13-22-20-23-17-6-2-4-8-19(17)29(27,28)26(15)20/h1-8,15H,9-14H2,(H,22,23). The summed E-state index contributed by atoms with van der Waals surface area (Å²) in [7, 11) is -3.59. The molecule has 9 heteroatoms. The third kappa shape index (κ3) is 3.25. The number of rotatable bonds is 3. The van der Waals surface area contributed by atoms with Gasteiger partial charge in [-0.05, 0) is 24.3 Å². The number of halogens is 1. The molecule has 0 bridgehead atoms. The number of aliphatic imine (C=N–C) groups is 1. The van der Waals surface area contributed by atoms with E-state index < -0.39 is 10.0 Å². The molecule has 0 amide bonds. The van der Waals surface area contributed by atoms with Gasteiger partial charge in [-0.2, -0.15) is 0 Å². The Kier molecular flexibility index (Phi) is 4.64. The third-order valence-corrected chi connectivity index (χ3v) is 7.92. The van der Waals surface area contributed by atoms with Gasteiger partial charge in [0.1, 0.15) is 4.90 Å². The Hall–Kier alpha value is -2.29. The lowest BCUT2D eigenvalue weighted by Gasteiger charge is -2.39. The van der Waals surface area contributed by atoms with Crippen molar-refractivity contribution < 1.29 is 8.42 Å². The van der Waals surface area contributed by atoms with Gasteiger partial charge in [0, 0.05) is 32.7 Å². The number of anilines is 2. The van der Waals surface area contributed by atoms with Gasteiger partial charge >= 0.3 is 0 Å². The van der Waals surface area contributed by atoms with E-state index in [1.165, 1.54) is 4.31 Å². The normalized spacial score (nSPS) is 23.2. The molecule has 5 rings (SSSR count). The Morgan fingerprint density at radius 1 is 1.03 bits per heavy atom.